The number of hydrogen-bond donors (Lipinski definition) is 1. The summed E-state index contributed by atoms with van der Waals surface area (Å²) in [6, 6.07) is 11.2. The predicted octanol–water partition coefficient (Wildman–Crippen LogP) is 5.17. The van der Waals surface area contributed by atoms with E-state index in [-0.39, 0.29) is 5.75 Å². The zero-order valence-electron chi connectivity index (χ0n) is 15.6. The van der Waals surface area contributed by atoms with Gasteiger partial charge >= 0.3 is 0 Å². The van der Waals surface area contributed by atoms with Crippen LogP contribution < -0.4 is 4.74 Å². The van der Waals surface area contributed by atoms with E-state index >= 15 is 0 Å². The highest BCUT2D eigenvalue weighted by Crippen LogP contribution is 2.30. The summed E-state index contributed by atoms with van der Waals surface area (Å²) in [6.07, 6.45) is 7.37. The minimum absolute atomic E-state index is 0.119. The summed E-state index contributed by atoms with van der Waals surface area (Å²) >= 11 is 0. The summed E-state index contributed by atoms with van der Waals surface area (Å²) in [5.41, 5.74) is 3.12. The van der Waals surface area contributed by atoms with Crippen molar-refractivity contribution in [3.05, 3.63) is 42.0 Å². The number of unbranched alkanes of at least 4 members (excludes halogenated alkanes) is 5. The fourth-order valence-corrected chi connectivity index (χ4v) is 3.01. The summed E-state index contributed by atoms with van der Waals surface area (Å²) in [5, 5.41) is 19.3. The number of phenolic OH excluding ortho intramolecular Hbond substituents is 1. The Morgan fingerprint density at radius 3 is 2.31 bits per heavy atom. The molecule has 1 heterocycles. The number of fused-ring (bicyclic) bond motifs is 1. The van der Waals surface area contributed by atoms with Gasteiger partial charge in [-0.2, -0.15) is 0 Å². The van der Waals surface area contributed by atoms with Crippen LogP contribution in [-0.4, -0.2) is 26.7 Å². The molecule has 0 spiro atoms. The lowest BCUT2D eigenvalue weighted by Crippen LogP contribution is -2.03. The van der Waals surface area contributed by atoms with Crippen LogP contribution in [0.15, 0.2) is 36.4 Å². The highest BCUT2D eigenvalue weighted by molar-refractivity contribution is 5.73. The Hall–Kier alpha value is -2.56. The van der Waals surface area contributed by atoms with Crippen LogP contribution in [0.5, 0.6) is 11.5 Å². The highest BCUT2D eigenvalue weighted by atomic mass is 16.5. The minimum Gasteiger partial charge on any atom is -0.505 e. The normalized spacial score (nSPS) is 11.2. The molecule has 1 aromatic heterocycles. The summed E-state index contributed by atoms with van der Waals surface area (Å²) in [7, 11) is 0. The van der Waals surface area contributed by atoms with Gasteiger partial charge in [0, 0.05) is 6.07 Å². The molecule has 0 radical (unpaired) electrons. The molecule has 1 N–H and O–H groups in total. The van der Waals surface area contributed by atoms with E-state index in [1.165, 1.54) is 36.9 Å². The summed E-state index contributed by atoms with van der Waals surface area (Å²) in [5.74, 6) is 0.838. The maximum Gasteiger partial charge on any atom is 0.146 e. The molecule has 0 saturated carbocycles. The van der Waals surface area contributed by atoms with Gasteiger partial charge in [-0.1, -0.05) is 51.2 Å². The van der Waals surface area contributed by atoms with Crippen molar-refractivity contribution in [2.75, 3.05) is 6.61 Å². The van der Waals surface area contributed by atoms with Gasteiger partial charge < -0.3 is 9.84 Å². The standard InChI is InChI=1S/C21H27N3O2/c1-3-4-5-6-7-10-13-26-21-15-20(25)19(14-16(21)2)24-22-17-11-8-9-12-18(17)23-24/h8-9,11-12,14-15,25H,3-7,10,13H2,1-2H3. The summed E-state index contributed by atoms with van der Waals surface area (Å²) < 4.78 is 5.86. The Morgan fingerprint density at radius 2 is 1.62 bits per heavy atom. The van der Waals surface area contributed by atoms with Crippen LogP contribution in [0.1, 0.15) is 51.0 Å². The monoisotopic (exact) mass is 353 g/mol. The maximum absolute atomic E-state index is 10.4. The van der Waals surface area contributed by atoms with Crippen molar-refractivity contribution in [2.24, 2.45) is 0 Å². The lowest BCUT2D eigenvalue weighted by Gasteiger charge is -2.12. The molecular weight excluding hydrogens is 326 g/mol. The van der Waals surface area contributed by atoms with Crippen LogP contribution in [0, 0.1) is 6.92 Å². The topological polar surface area (TPSA) is 60.2 Å². The SMILES string of the molecule is CCCCCCCCOc1cc(O)c(-n2nc3ccccc3n2)cc1C. The Balaban J connectivity index is 1.64. The van der Waals surface area contributed by atoms with E-state index in [0.29, 0.717) is 12.3 Å². The van der Waals surface area contributed by atoms with E-state index in [9.17, 15) is 5.11 Å². The zero-order chi connectivity index (χ0) is 18.4. The molecule has 0 aliphatic carbocycles. The van der Waals surface area contributed by atoms with E-state index < -0.39 is 0 Å². The first-order valence-electron chi connectivity index (χ1n) is 9.48. The van der Waals surface area contributed by atoms with E-state index in [1.54, 1.807) is 6.07 Å². The Morgan fingerprint density at radius 1 is 0.962 bits per heavy atom. The maximum atomic E-state index is 10.4. The van der Waals surface area contributed by atoms with Crippen molar-refractivity contribution in [3.63, 3.8) is 0 Å². The van der Waals surface area contributed by atoms with Gasteiger partial charge in [-0.15, -0.1) is 15.0 Å². The molecule has 0 fully saturated rings. The van der Waals surface area contributed by atoms with E-state index in [0.717, 1.165) is 28.8 Å². The third-order valence-corrected chi connectivity index (χ3v) is 4.53. The predicted molar refractivity (Wildman–Crippen MR) is 104 cm³/mol. The quantitative estimate of drug-likeness (QED) is 0.539. The van der Waals surface area contributed by atoms with Gasteiger partial charge in [0.1, 0.15) is 28.2 Å². The number of aromatic hydroxyl groups is 1. The molecule has 3 rings (SSSR count). The second-order valence-corrected chi connectivity index (χ2v) is 6.70. The summed E-state index contributed by atoms with van der Waals surface area (Å²) in [4.78, 5) is 1.48. The van der Waals surface area contributed by atoms with Gasteiger partial charge in [-0.05, 0) is 37.1 Å². The van der Waals surface area contributed by atoms with Gasteiger partial charge in [0.15, 0.2) is 0 Å². The molecule has 0 aliphatic rings. The Kier molecular flexibility index (Phi) is 6.10. The number of aryl methyl sites for hydroxylation is 1. The van der Waals surface area contributed by atoms with Crippen LogP contribution in [0.25, 0.3) is 16.7 Å². The fourth-order valence-electron chi connectivity index (χ4n) is 3.01. The van der Waals surface area contributed by atoms with Gasteiger partial charge in [0.05, 0.1) is 6.61 Å². The van der Waals surface area contributed by atoms with Crippen LogP contribution in [0.3, 0.4) is 0 Å². The lowest BCUT2D eigenvalue weighted by molar-refractivity contribution is 0.300. The molecule has 5 heteroatoms. The Bertz CT molecular complexity index is 825. The smallest absolute Gasteiger partial charge is 0.146 e. The molecule has 0 unspecified atom stereocenters. The number of ether oxygens (including phenoxy) is 1. The molecule has 0 atom stereocenters. The van der Waals surface area contributed by atoms with Gasteiger partial charge in [0.2, 0.25) is 0 Å². The third kappa shape index (κ3) is 4.34. The number of nitrogens with zero attached hydrogens (tertiary/aromatic N) is 3. The van der Waals surface area contributed by atoms with Crippen molar-refractivity contribution in [1.29, 1.82) is 0 Å². The zero-order valence-corrected chi connectivity index (χ0v) is 15.6. The molecule has 2 aromatic carbocycles. The highest BCUT2D eigenvalue weighted by Gasteiger charge is 2.12. The molecule has 3 aromatic rings. The van der Waals surface area contributed by atoms with Crippen molar-refractivity contribution in [1.82, 2.24) is 15.0 Å². The van der Waals surface area contributed by atoms with Crippen LogP contribution >= 0.6 is 0 Å². The largest absolute Gasteiger partial charge is 0.505 e. The molecule has 138 valence electrons. The van der Waals surface area contributed by atoms with Gasteiger partial charge in [-0.25, -0.2) is 0 Å². The van der Waals surface area contributed by atoms with E-state index in [4.69, 9.17) is 4.74 Å². The van der Waals surface area contributed by atoms with Crippen LogP contribution in [-0.2, 0) is 0 Å². The second kappa shape index (κ2) is 8.70. The first kappa shape index (κ1) is 18.2. The second-order valence-electron chi connectivity index (χ2n) is 6.70. The van der Waals surface area contributed by atoms with Gasteiger partial charge in [0.25, 0.3) is 0 Å². The molecular formula is C21H27N3O2. The van der Waals surface area contributed by atoms with Crippen molar-refractivity contribution in [3.8, 4) is 17.2 Å². The fraction of sp³-hybridized carbons (Fsp3) is 0.429. The minimum atomic E-state index is 0.119. The van der Waals surface area contributed by atoms with Crippen molar-refractivity contribution < 1.29 is 9.84 Å². The molecule has 0 amide bonds. The number of phenols is 1. The number of rotatable bonds is 9. The summed E-state index contributed by atoms with van der Waals surface area (Å²) in [6.45, 7) is 4.88. The number of aromatic nitrogens is 3. The number of benzene rings is 2. The molecule has 26 heavy (non-hydrogen) atoms. The average molecular weight is 353 g/mol. The van der Waals surface area contributed by atoms with Crippen LogP contribution in [0.4, 0.5) is 0 Å². The third-order valence-electron chi connectivity index (χ3n) is 4.53. The molecule has 5 nitrogen and oxygen atoms in total. The Labute approximate surface area is 154 Å². The van der Waals surface area contributed by atoms with Gasteiger partial charge in [-0.3, -0.25) is 0 Å². The van der Waals surface area contributed by atoms with E-state index in [1.807, 2.05) is 37.3 Å². The first-order chi connectivity index (χ1) is 12.7. The van der Waals surface area contributed by atoms with Crippen molar-refractivity contribution >= 4 is 11.0 Å². The lowest BCUT2D eigenvalue weighted by atomic mass is 10.1. The number of hydrogen-bond acceptors (Lipinski definition) is 4. The molecule has 0 aliphatic heterocycles. The van der Waals surface area contributed by atoms with Crippen LogP contribution in [0.2, 0.25) is 0 Å². The van der Waals surface area contributed by atoms with E-state index in [2.05, 4.69) is 17.1 Å². The molecule has 0 bridgehead atoms. The van der Waals surface area contributed by atoms with Crippen molar-refractivity contribution in [2.45, 2.75) is 52.4 Å². The first-order valence-corrected chi connectivity index (χ1v) is 9.48. The molecule has 0 saturated heterocycles. The average Bonchev–Trinajstić information content (AvgIpc) is 3.07.